The molecule has 0 radical (unpaired) electrons. The van der Waals surface area contributed by atoms with Crippen LogP contribution >= 0.6 is 8.38 Å². The summed E-state index contributed by atoms with van der Waals surface area (Å²) in [5, 5.41) is 0. The fraction of sp³-hybridized carbons (Fsp3) is 0.316. The molecule has 1 aliphatic carbocycles. The van der Waals surface area contributed by atoms with E-state index in [9.17, 15) is 4.79 Å². The van der Waals surface area contributed by atoms with Crippen LogP contribution in [0.2, 0.25) is 0 Å². The Morgan fingerprint density at radius 2 is 1.35 bits per heavy atom. The van der Waals surface area contributed by atoms with Gasteiger partial charge in [-0.05, 0) is 37.1 Å². The highest BCUT2D eigenvalue weighted by Crippen LogP contribution is 2.48. The van der Waals surface area contributed by atoms with Gasteiger partial charge in [0.05, 0.1) is 0 Å². The zero-order valence-corrected chi connectivity index (χ0v) is 14.0. The van der Waals surface area contributed by atoms with E-state index in [4.69, 9.17) is 9.05 Å². The van der Waals surface area contributed by atoms with Gasteiger partial charge in [-0.3, -0.25) is 4.79 Å². The molecular formula is C19H21O3P. The van der Waals surface area contributed by atoms with Crippen molar-refractivity contribution < 1.29 is 13.8 Å². The third-order valence-electron chi connectivity index (χ3n) is 3.90. The van der Waals surface area contributed by atoms with Crippen molar-refractivity contribution >= 4 is 14.2 Å². The lowest BCUT2D eigenvalue weighted by Crippen LogP contribution is -2.21. The van der Waals surface area contributed by atoms with E-state index in [0.717, 1.165) is 37.2 Å². The van der Waals surface area contributed by atoms with E-state index >= 15 is 0 Å². The second-order valence-electron chi connectivity index (χ2n) is 5.68. The van der Waals surface area contributed by atoms with Gasteiger partial charge in [0.2, 0.25) is 0 Å². The van der Waals surface area contributed by atoms with E-state index in [0.29, 0.717) is 6.42 Å². The first-order chi connectivity index (χ1) is 11.3. The van der Waals surface area contributed by atoms with E-state index in [-0.39, 0.29) is 11.4 Å². The van der Waals surface area contributed by atoms with Crippen molar-refractivity contribution in [2.75, 3.05) is 0 Å². The minimum atomic E-state index is -1.34. The Bertz CT molecular complexity index is 574. The van der Waals surface area contributed by atoms with E-state index in [2.05, 4.69) is 0 Å². The highest BCUT2D eigenvalue weighted by atomic mass is 31.2. The third kappa shape index (κ3) is 4.56. The lowest BCUT2D eigenvalue weighted by molar-refractivity contribution is -0.118. The molecule has 0 aliphatic heterocycles. The predicted molar refractivity (Wildman–Crippen MR) is 92.9 cm³/mol. The first-order valence-electron chi connectivity index (χ1n) is 8.11. The molecule has 1 unspecified atom stereocenters. The molecule has 0 N–H and O–H groups in total. The van der Waals surface area contributed by atoms with Gasteiger partial charge in [0.15, 0.2) is 0 Å². The van der Waals surface area contributed by atoms with Crippen LogP contribution in [0.5, 0.6) is 11.5 Å². The zero-order valence-electron chi connectivity index (χ0n) is 13.1. The van der Waals surface area contributed by atoms with E-state index < -0.39 is 8.38 Å². The number of ketones is 1. The van der Waals surface area contributed by atoms with Gasteiger partial charge in [-0.2, -0.15) is 0 Å². The van der Waals surface area contributed by atoms with Crippen LogP contribution in [-0.2, 0) is 4.79 Å². The highest BCUT2D eigenvalue weighted by Gasteiger charge is 2.34. The molecular weight excluding hydrogens is 307 g/mol. The fourth-order valence-electron chi connectivity index (χ4n) is 2.68. The zero-order chi connectivity index (χ0) is 15.9. The first kappa shape index (κ1) is 16.0. The number of Topliss-reactive ketones (excluding diaryl/α,β-unsaturated/α-hetero) is 1. The van der Waals surface area contributed by atoms with Crippen molar-refractivity contribution in [3.8, 4) is 11.5 Å². The van der Waals surface area contributed by atoms with Crippen LogP contribution in [-0.4, -0.2) is 11.4 Å². The maximum Gasteiger partial charge on any atom is 0.301 e. The molecule has 2 aromatic carbocycles. The summed E-state index contributed by atoms with van der Waals surface area (Å²) in [6, 6.07) is 19.3. The Morgan fingerprint density at radius 1 is 0.783 bits per heavy atom. The standard InChI is InChI=1S/C19H21O3P/c20-18-14-8-3-9-15-19(18)23(21-16-10-4-1-5-11-16)22-17-12-6-2-7-13-17/h1-2,4-7,10-13,19H,3,8-9,14-15H2. The summed E-state index contributed by atoms with van der Waals surface area (Å²) >= 11 is 0. The van der Waals surface area contributed by atoms with Crippen LogP contribution in [0.4, 0.5) is 0 Å². The Kier molecular flexibility index (Phi) is 5.65. The molecule has 1 saturated carbocycles. The summed E-state index contributed by atoms with van der Waals surface area (Å²) in [5.74, 6) is 1.79. The number of carbonyl (C=O) groups is 1. The average Bonchev–Trinajstić information content (AvgIpc) is 2.81. The van der Waals surface area contributed by atoms with Gasteiger partial charge < -0.3 is 9.05 Å². The van der Waals surface area contributed by atoms with Gasteiger partial charge in [-0.25, -0.2) is 0 Å². The summed E-state index contributed by atoms with van der Waals surface area (Å²) in [4.78, 5) is 12.5. The molecule has 1 fully saturated rings. The van der Waals surface area contributed by atoms with Crippen LogP contribution in [0, 0.1) is 0 Å². The number of hydrogen-bond acceptors (Lipinski definition) is 3. The summed E-state index contributed by atoms with van der Waals surface area (Å²) in [5.41, 5.74) is -0.145. The van der Waals surface area contributed by atoms with E-state index in [1.165, 1.54) is 0 Å². The van der Waals surface area contributed by atoms with Gasteiger partial charge in [0.25, 0.3) is 0 Å². The molecule has 2 aromatic rings. The lowest BCUT2D eigenvalue weighted by Gasteiger charge is -2.24. The van der Waals surface area contributed by atoms with Crippen molar-refractivity contribution in [3.63, 3.8) is 0 Å². The Hall–Kier alpha value is -1.86. The Morgan fingerprint density at radius 3 is 1.91 bits per heavy atom. The van der Waals surface area contributed by atoms with Crippen molar-refractivity contribution in [3.05, 3.63) is 60.7 Å². The number of benzene rings is 2. The number of carbonyl (C=O) groups excluding carboxylic acids is 1. The minimum absolute atomic E-state index is 0.145. The maximum atomic E-state index is 12.5. The van der Waals surface area contributed by atoms with Crippen molar-refractivity contribution in [1.29, 1.82) is 0 Å². The largest absolute Gasteiger partial charge is 0.438 e. The normalized spacial score (nSPS) is 18.5. The Labute approximate surface area is 138 Å². The molecule has 0 aromatic heterocycles. The molecule has 0 bridgehead atoms. The molecule has 23 heavy (non-hydrogen) atoms. The lowest BCUT2D eigenvalue weighted by atomic mass is 10.2. The van der Waals surface area contributed by atoms with Crippen LogP contribution in [0.25, 0.3) is 0 Å². The quantitative estimate of drug-likeness (QED) is 0.547. The van der Waals surface area contributed by atoms with Crippen LogP contribution in [0.15, 0.2) is 60.7 Å². The van der Waals surface area contributed by atoms with Crippen molar-refractivity contribution in [2.24, 2.45) is 0 Å². The van der Waals surface area contributed by atoms with Crippen molar-refractivity contribution in [2.45, 2.75) is 37.8 Å². The minimum Gasteiger partial charge on any atom is -0.438 e. The number of hydrogen-bond donors (Lipinski definition) is 0. The summed E-state index contributed by atoms with van der Waals surface area (Å²) in [6.07, 6.45) is 4.65. The van der Waals surface area contributed by atoms with Gasteiger partial charge in [0, 0.05) is 6.42 Å². The van der Waals surface area contributed by atoms with Gasteiger partial charge in [-0.1, -0.05) is 49.2 Å². The summed E-state index contributed by atoms with van der Waals surface area (Å²) in [7, 11) is -1.34. The second-order valence-corrected chi connectivity index (χ2v) is 7.23. The highest BCUT2D eigenvalue weighted by molar-refractivity contribution is 7.50. The molecule has 4 heteroatoms. The number of rotatable bonds is 5. The Balaban J connectivity index is 1.81. The first-order valence-corrected chi connectivity index (χ1v) is 9.35. The topological polar surface area (TPSA) is 35.5 Å². The SMILES string of the molecule is O=C1CCCCCC1P(Oc1ccccc1)Oc1ccccc1. The maximum absolute atomic E-state index is 12.5. The molecule has 0 saturated heterocycles. The molecule has 1 aliphatic rings. The molecule has 3 rings (SSSR count). The molecule has 0 spiro atoms. The summed E-state index contributed by atoms with van der Waals surface area (Å²) < 4.78 is 12.2. The van der Waals surface area contributed by atoms with Gasteiger partial charge in [0.1, 0.15) is 22.9 Å². The van der Waals surface area contributed by atoms with Gasteiger partial charge in [-0.15, -0.1) is 0 Å². The van der Waals surface area contributed by atoms with E-state index in [1.807, 2.05) is 60.7 Å². The van der Waals surface area contributed by atoms with Gasteiger partial charge >= 0.3 is 8.38 Å². The summed E-state index contributed by atoms with van der Waals surface area (Å²) in [6.45, 7) is 0. The third-order valence-corrected chi connectivity index (χ3v) is 5.74. The molecule has 120 valence electrons. The monoisotopic (exact) mass is 328 g/mol. The molecule has 0 amide bonds. The van der Waals surface area contributed by atoms with Crippen LogP contribution < -0.4 is 9.05 Å². The number of para-hydroxylation sites is 2. The van der Waals surface area contributed by atoms with Crippen LogP contribution in [0.3, 0.4) is 0 Å². The predicted octanol–water partition coefficient (Wildman–Crippen LogP) is 5.36. The van der Waals surface area contributed by atoms with Crippen molar-refractivity contribution in [1.82, 2.24) is 0 Å². The smallest absolute Gasteiger partial charge is 0.301 e. The second kappa shape index (κ2) is 8.12. The average molecular weight is 328 g/mol. The van der Waals surface area contributed by atoms with Crippen LogP contribution in [0.1, 0.15) is 32.1 Å². The molecule has 1 atom stereocenters. The molecule has 3 nitrogen and oxygen atoms in total. The van der Waals surface area contributed by atoms with E-state index in [1.54, 1.807) is 0 Å². The fourth-order valence-corrected chi connectivity index (χ4v) is 4.39. The molecule has 0 heterocycles.